The minimum atomic E-state index is 0. The van der Waals surface area contributed by atoms with Crippen molar-refractivity contribution < 1.29 is 0 Å². The molecule has 0 nitrogen and oxygen atoms in total. The minimum absolute atomic E-state index is 0. The molecule has 0 atom stereocenters. The monoisotopic (exact) mass is 278 g/mol. The van der Waals surface area contributed by atoms with Gasteiger partial charge >= 0.3 is 23.1 Å². The molecular weight excluding hydrogens is 253 g/mol. The number of hydrogen-bond donors (Lipinski definition) is 0. The van der Waals surface area contributed by atoms with Crippen molar-refractivity contribution in [1.82, 2.24) is 0 Å². The van der Waals surface area contributed by atoms with E-state index >= 15 is 0 Å². The second-order valence-corrected chi connectivity index (χ2v) is 5.56. The molecule has 0 aliphatic heterocycles. The Morgan fingerprint density at radius 2 is 1.70 bits per heavy atom. The Morgan fingerprint density at radius 1 is 0.950 bits per heavy atom. The molecule has 2 aromatic rings. The third-order valence-corrected chi connectivity index (χ3v) is 3.45. The maximum Gasteiger partial charge on any atom is 2.00 e. The Labute approximate surface area is 141 Å². The second-order valence-electron chi connectivity index (χ2n) is 5.56. The van der Waals surface area contributed by atoms with Crippen molar-refractivity contribution in [3.05, 3.63) is 55.5 Å². The summed E-state index contributed by atoms with van der Waals surface area (Å²) in [5.41, 5.74) is 1.36. The minimum Gasteiger partial charge on any atom is -0.358 e. The number of benzene rings is 2. The van der Waals surface area contributed by atoms with Crippen LogP contribution in [0.5, 0.6) is 0 Å². The van der Waals surface area contributed by atoms with Gasteiger partial charge in [-0.25, -0.2) is 0 Å². The van der Waals surface area contributed by atoms with Crippen molar-refractivity contribution in [2.45, 2.75) is 46.0 Å². The molecule has 2 rings (SSSR count). The SMILES string of the molecule is CC(C)CCCCCc1[c-]c2ccccc2cc1.[CH3-].[Mg+2]. The van der Waals surface area contributed by atoms with Gasteiger partial charge < -0.3 is 7.43 Å². The van der Waals surface area contributed by atoms with E-state index < -0.39 is 0 Å². The van der Waals surface area contributed by atoms with E-state index in [1.807, 2.05) is 0 Å². The first-order valence-corrected chi connectivity index (χ1v) is 7.15. The number of aryl methyl sites for hydroxylation is 1. The van der Waals surface area contributed by atoms with Gasteiger partial charge in [-0.15, -0.1) is 46.7 Å². The Morgan fingerprint density at radius 3 is 2.45 bits per heavy atom. The fourth-order valence-electron chi connectivity index (χ4n) is 2.35. The van der Waals surface area contributed by atoms with Gasteiger partial charge in [0.05, 0.1) is 0 Å². The van der Waals surface area contributed by atoms with Gasteiger partial charge in [0.2, 0.25) is 0 Å². The van der Waals surface area contributed by atoms with Gasteiger partial charge in [0.1, 0.15) is 0 Å². The summed E-state index contributed by atoms with van der Waals surface area (Å²) in [6.45, 7) is 4.61. The van der Waals surface area contributed by atoms with Gasteiger partial charge in [0, 0.05) is 0 Å². The molecule has 0 saturated carbocycles. The Balaban J connectivity index is 0.00000180. The number of rotatable bonds is 6. The van der Waals surface area contributed by atoms with Crippen molar-refractivity contribution in [3.8, 4) is 0 Å². The predicted molar refractivity (Wildman–Crippen MR) is 92.0 cm³/mol. The van der Waals surface area contributed by atoms with Crippen LogP contribution in [0.4, 0.5) is 0 Å². The molecule has 0 spiro atoms. The fourth-order valence-corrected chi connectivity index (χ4v) is 2.35. The van der Waals surface area contributed by atoms with Crippen LogP contribution in [-0.2, 0) is 6.42 Å². The molecule has 0 fully saturated rings. The second kappa shape index (κ2) is 10.2. The van der Waals surface area contributed by atoms with Gasteiger partial charge in [-0.2, -0.15) is 0 Å². The van der Waals surface area contributed by atoms with Crippen LogP contribution in [0.15, 0.2) is 36.4 Å². The van der Waals surface area contributed by atoms with Gasteiger partial charge in [0.25, 0.3) is 0 Å². The molecule has 104 valence electrons. The molecule has 0 saturated heterocycles. The molecule has 0 N–H and O–H groups in total. The molecule has 0 amide bonds. The summed E-state index contributed by atoms with van der Waals surface area (Å²) >= 11 is 0. The van der Waals surface area contributed by atoms with Gasteiger partial charge in [0.15, 0.2) is 0 Å². The average molecular weight is 279 g/mol. The van der Waals surface area contributed by atoms with Crippen molar-refractivity contribution in [2.24, 2.45) is 5.92 Å². The molecule has 0 bridgehead atoms. The van der Waals surface area contributed by atoms with E-state index in [1.165, 1.54) is 48.4 Å². The summed E-state index contributed by atoms with van der Waals surface area (Å²) in [6.07, 6.45) is 6.54. The summed E-state index contributed by atoms with van der Waals surface area (Å²) in [6, 6.07) is 16.4. The van der Waals surface area contributed by atoms with E-state index in [4.69, 9.17) is 0 Å². The average Bonchev–Trinajstić information content (AvgIpc) is 2.38. The molecule has 0 radical (unpaired) electrons. The number of fused-ring (bicyclic) bond motifs is 1. The largest absolute Gasteiger partial charge is 2.00 e. The van der Waals surface area contributed by atoms with Gasteiger partial charge in [-0.3, -0.25) is 0 Å². The first kappa shape index (κ1) is 19.5. The van der Waals surface area contributed by atoms with Gasteiger partial charge in [-0.05, 0) is 12.3 Å². The first-order chi connectivity index (χ1) is 8.75. The Bertz CT molecular complexity index is 488. The van der Waals surface area contributed by atoms with Crippen LogP contribution in [0.25, 0.3) is 10.8 Å². The van der Waals surface area contributed by atoms with Gasteiger partial charge in [-0.1, -0.05) is 51.7 Å². The van der Waals surface area contributed by atoms with E-state index in [-0.39, 0.29) is 30.5 Å². The van der Waals surface area contributed by atoms with E-state index in [2.05, 4.69) is 56.3 Å². The van der Waals surface area contributed by atoms with Crippen LogP contribution in [0.1, 0.15) is 45.1 Å². The third-order valence-electron chi connectivity index (χ3n) is 3.45. The Hall–Kier alpha value is -0.534. The van der Waals surface area contributed by atoms with Crippen molar-refractivity contribution in [1.29, 1.82) is 0 Å². The van der Waals surface area contributed by atoms with E-state index in [0.29, 0.717) is 0 Å². The smallest absolute Gasteiger partial charge is 0.358 e. The zero-order chi connectivity index (χ0) is 12.8. The number of unbranched alkanes of at least 4 members (excludes halogenated alkanes) is 2. The summed E-state index contributed by atoms with van der Waals surface area (Å²) in [5.74, 6) is 0.845. The quantitative estimate of drug-likeness (QED) is 0.373. The zero-order valence-electron chi connectivity index (χ0n) is 13.3. The molecule has 0 aliphatic carbocycles. The van der Waals surface area contributed by atoms with E-state index in [9.17, 15) is 0 Å². The molecule has 0 aliphatic rings. The van der Waals surface area contributed by atoms with Crippen molar-refractivity contribution in [2.75, 3.05) is 0 Å². The van der Waals surface area contributed by atoms with Crippen LogP contribution >= 0.6 is 0 Å². The molecule has 1 heteroatoms. The van der Waals surface area contributed by atoms with Crippen LogP contribution in [-0.4, -0.2) is 23.1 Å². The summed E-state index contributed by atoms with van der Waals surface area (Å²) in [5, 5.41) is 2.54. The van der Waals surface area contributed by atoms with Crippen LogP contribution in [0.2, 0.25) is 0 Å². The third kappa shape index (κ3) is 6.28. The van der Waals surface area contributed by atoms with Crippen LogP contribution in [0.3, 0.4) is 0 Å². The van der Waals surface area contributed by atoms with E-state index in [1.54, 1.807) is 0 Å². The zero-order valence-corrected chi connectivity index (χ0v) is 14.7. The van der Waals surface area contributed by atoms with E-state index in [0.717, 1.165) is 5.92 Å². The topological polar surface area (TPSA) is 0 Å². The van der Waals surface area contributed by atoms with Crippen LogP contribution < -0.4 is 0 Å². The molecule has 2 aromatic carbocycles. The Kier molecular flexibility index (Phi) is 9.96. The summed E-state index contributed by atoms with van der Waals surface area (Å²) < 4.78 is 0. The normalized spacial score (nSPS) is 10.2. The standard InChI is InChI=1S/C18H23.CH3.Mg/c1-15(2)8-4-3-5-9-16-12-13-17-10-6-7-11-18(17)14-16;;/h6-7,10-13,15H,3-5,8-9H2,1-2H3;1H3;/q2*-1;+2. The summed E-state index contributed by atoms with van der Waals surface area (Å²) in [4.78, 5) is 0. The van der Waals surface area contributed by atoms with Crippen molar-refractivity contribution >= 4 is 33.8 Å². The van der Waals surface area contributed by atoms with Crippen LogP contribution in [0, 0.1) is 19.4 Å². The summed E-state index contributed by atoms with van der Waals surface area (Å²) in [7, 11) is 0. The molecule has 0 aromatic heterocycles. The first-order valence-electron chi connectivity index (χ1n) is 7.15. The number of hydrogen-bond acceptors (Lipinski definition) is 0. The maximum absolute atomic E-state index is 3.53. The molecule has 0 unspecified atom stereocenters. The maximum atomic E-state index is 3.53. The fraction of sp³-hybridized carbons (Fsp3) is 0.421. The molecular formula is C19H26Mg. The van der Waals surface area contributed by atoms with Crippen molar-refractivity contribution in [3.63, 3.8) is 0 Å². The molecule has 0 heterocycles. The predicted octanol–water partition coefficient (Wildman–Crippen LogP) is 5.47. The molecule has 20 heavy (non-hydrogen) atoms.